The van der Waals surface area contributed by atoms with Crippen molar-refractivity contribution in [2.45, 2.75) is 219 Å². The molecule has 0 fully saturated rings. The summed E-state index contributed by atoms with van der Waals surface area (Å²) < 4.78 is 16.7. The number of carbonyl (C=O) groups is 3. The van der Waals surface area contributed by atoms with Gasteiger partial charge in [0.15, 0.2) is 6.10 Å². The van der Waals surface area contributed by atoms with Gasteiger partial charge in [0.05, 0.1) is 0 Å². The first-order valence-corrected chi connectivity index (χ1v) is 26.7. The number of allylic oxidation sites excluding steroid dienone is 22. The highest BCUT2D eigenvalue weighted by atomic mass is 16.6. The zero-order valence-corrected chi connectivity index (χ0v) is 42.9. The van der Waals surface area contributed by atoms with E-state index in [-0.39, 0.29) is 37.5 Å². The second-order valence-electron chi connectivity index (χ2n) is 17.0. The first kappa shape index (κ1) is 62.5. The summed E-state index contributed by atoms with van der Waals surface area (Å²) in [5, 5.41) is 0. The Morgan fingerprint density at radius 1 is 0.313 bits per heavy atom. The monoisotopic (exact) mass is 925 g/mol. The molecule has 1 atom stereocenters. The van der Waals surface area contributed by atoms with Crippen molar-refractivity contribution in [3.8, 4) is 0 Å². The molecule has 0 spiro atoms. The van der Waals surface area contributed by atoms with Crippen LogP contribution in [0, 0.1) is 0 Å². The molecule has 0 bridgehead atoms. The van der Waals surface area contributed by atoms with Crippen molar-refractivity contribution < 1.29 is 28.6 Å². The van der Waals surface area contributed by atoms with Crippen LogP contribution in [0.15, 0.2) is 134 Å². The fraction of sp³-hybridized carbons (Fsp3) is 0.590. The van der Waals surface area contributed by atoms with Crippen LogP contribution in [-0.4, -0.2) is 37.2 Å². The Labute approximate surface area is 411 Å². The van der Waals surface area contributed by atoms with Gasteiger partial charge in [-0.1, -0.05) is 199 Å². The first-order chi connectivity index (χ1) is 33.0. The van der Waals surface area contributed by atoms with Crippen molar-refractivity contribution in [3.63, 3.8) is 0 Å². The van der Waals surface area contributed by atoms with E-state index in [1.54, 1.807) is 0 Å². The van der Waals surface area contributed by atoms with Crippen molar-refractivity contribution in [2.24, 2.45) is 0 Å². The lowest BCUT2D eigenvalue weighted by molar-refractivity contribution is -0.167. The number of hydrogen-bond donors (Lipinski definition) is 0. The molecule has 0 heterocycles. The van der Waals surface area contributed by atoms with Gasteiger partial charge < -0.3 is 14.2 Å². The lowest BCUT2D eigenvalue weighted by atomic mass is 10.1. The third-order valence-electron chi connectivity index (χ3n) is 10.6. The van der Waals surface area contributed by atoms with Gasteiger partial charge in [-0.05, 0) is 128 Å². The van der Waals surface area contributed by atoms with Gasteiger partial charge in [0.1, 0.15) is 13.2 Å². The van der Waals surface area contributed by atoms with Gasteiger partial charge in [-0.2, -0.15) is 0 Å². The summed E-state index contributed by atoms with van der Waals surface area (Å²) in [6, 6.07) is 0. The second kappa shape index (κ2) is 54.2. The molecule has 0 radical (unpaired) electrons. The van der Waals surface area contributed by atoms with E-state index in [9.17, 15) is 14.4 Å². The second-order valence-corrected chi connectivity index (χ2v) is 17.0. The molecular formula is C61H96O6. The minimum atomic E-state index is -0.817. The third-order valence-corrected chi connectivity index (χ3v) is 10.6. The van der Waals surface area contributed by atoms with E-state index in [0.717, 1.165) is 141 Å². The van der Waals surface area contributed by atoms with Crippen molar-refractivity contribution in [1.82, 2.24) is 0 Å². The zero-order valence-electron chi connectivity index (χ0n) is 42.9. The Bertz CT molecular complexity index is 1480. The molecule has 67 heavy (non-hydrogen) atoms. The van der Waals surface area contributed by atoms with Gasteiger partial charge in [0.2, 0.25) is 0 Å². The molecular weight excluding hydrogens is 829 g/mol. The quantitative estimate of drug-likeness (QED) is 0.0262. The standard InChI is InChI=1S/C61H96O6/c1-4-7-10-13-16-19-22-24-26-28-30-32-34-36-39-42-45-48-51-54-60(63)66-57-58(56-65-59(62)53-50-47-44-41-38-21-18-15-12-9-6-3)67-61(64)55-52-49-46-43-40-37-35-33-31-29-27-25-23-20-17-14-11-8-5-2/h7-8,10-11,15-20,24-27,30-33,36-37,39-40,58H,4-6,9,12-14,21-23,28-29,34-35,38,41-57H2,1-3H3/b10-7-,11-8-,18-15-,19-16-,20-17-,26-24-,27-25-,32-30-,33-31-,39-36-,40-37-/t58-/m1/s1. The van der Waals surface area contributed by atoms with E-state index >= 15 is 0 Å². The van der Waals surface area contributed by atoms with E-state index in [2.05, 4.69) is 154 Å². The summed E-state index contributed by atoms with van der Waals surface area (Å²) in [4.78, 5) is 38.0. The highest BCUT2D eigenvalue weighted by Crippen LogP contribution is 2.12. The fourth-order valence-electron chi connectivity index (χ4n) is 6.65. The Morgan fingerprint density at radius 3 is 0.940 bits per heavy atom. The van der Waals surface area contributed by atoms with Crippen molar-refractivity contribution in [3.05, 3.63) is 134 Å². The maximum absolute atomic E-state index is 12.8. The van der Waals surface area contributed by atoms with Crippen molar-refractivity contribution in [1.29, 1.82) is 0 Å². The van der Waals surface area contributed by atoms with Crippen LogP contribution in [0.1, 0.15) is 213 Å². The van der Waals surface area contributed by atoms with Crippen LogP contribution in [0.25, 0.3) is 0 Å². The third kappa shape index (κ3) is 52.4. The van der Waals surface area contributed by atoms with Crippen LogP contribution in [0.5, 0.6) is 0 Å². The summed E-state index contributed by atoms with van der Waals surface area (Å²) >= 11 is 0. The lowest BCUT2D eigenvalue weighted by Gasteiger charge is -2.18. The minimum Gasteiger partial charge on any atom is -0.462 e. The van der Waals surface area contributed by atoms with Crippen molar-refractivity contribution in [2.75, 3.05) is 13.2 Å². The Kier molecular flexibility index (Phi) is 50.6. The Balaban J connectivity index is 4.52. The van der Waals surface area contributed by atoms with E-state index in [1.807, 2.05) is 0 Å². The molecule has 6 nitrogen and oxygen atoms in total. The SMILES string of the molecule is CC/C=C\C/C=C\C/C=C\C/C=C\C/C=C\CCCCCC(=O)OC[C@@H](COC(=O)CCCCCCC/C=C\CCCC)OC(=O)CCCCC/C=C\C/C=C\C/C=C\C/C=C\C/C=C\CC. The molecule has 0 rings (SSSR count). The summed E-state index contributed by atoms with van der Waals surface area (Å²) in [7, 11) is 0. The summed E-state index contributed by atoms with van der Waals surface area (Å²) in [5.74, 6) is -0.996. The molecule has 376 valence electrons. The van der Waals surface area contributed by atoms with Crippen LogP contribution in [-0.2, 0) is 28.6 Å². The molecule has 0 aromatic carbocycles. The van der Waals surface area contributed by atoms with Gasteiger partial charge in [0, 0.05) is 19.3 Å². The number of ether oxygens (including phenoxy) is 3. The summed E-state index contributed by atoms with van der Waals surface area (Å²) in [5.41, 5.74) is 0. The molecule has 0 N–H and O–H groups in total. The van der Waals surface area contributed by atoms with E-state index in [1.165, 1.54) is 25.7 Å². The van der Waals surface area contributed by atoms with Gasteiger partial charge in [0.25, 0.3) is 0 Å². The number of rotatable bonds is 46. The number of esters is 3. The zero-order chi connectivity index (χ0) is 48.6. The van der Waals surface area contributed by atoms with E-state index < -0.39 is 6.10 Å². The molecule has 0 aliphatic carbocycles. The molecule has 0 saturated carbocycles. The first-order valence-electron chi connectivity index (χ1n) is 26.7. The maximum Gasteiger partial charge on any atom is 0.306 e. The van der Waals surface area contributed by atoms with Crippen LogP contribution in [0.4, 0.5) is 0 Å². The number of unbranched alkanes of at least 4 members (excludes halogenated alkanes) is 13. The van der Waals surface area contributed by atoms with Gasteiger partial charge >= 0.3 is 17.9 Å². The average molecular weight is 925 g/mol. The average Bonchev–Trinajstić information content (AvgIpc) is 3.33. The number of carbonyl (C=O) groups excluding carboxylic acids is 3. The predicted octanol–water partition coefficient (Wildman–Crippen LogP) is 17.9. The van der Waals surface area contributed by atoms with Crippen LogP contribution >= 0.6 is 0 Å². The molecule has 0 saturated heterocycles. The minimum absolute atomic E-state index is 0.112. The van der Waals surface area contributed by atoms with Gasteiger partial charge in [-0.15, -0.1) is 0 Å². The van der Waals surface area contributed by atoms with Crippen LogP contribution in [0.2, 0.25) is 0 Å². The maximum atomic E-state index is 12.8. The van der Waals surface area contributed by atoms with Gasteiger partial charge in [-0.3, -0.25) is 14.4 Å². The van der Waals surface area contributed by atoms with Gasteiger partial charge in [-0.25, -0.2) is 0 Å². The molecule has 0 aromatic heterocycles. The Hall–Kier alpha value is -4.45. The summed E-state index contributed by atoms with van der Waals surface area (Å²) in [6.07, 6.45) is 75.8. The molecule has 0 aromatic rings. The highest BCUT2D eigenvalue weighted by Gasteiger charge is 2.19. The van der Waals surface area contributed by atoms with Crippen molar-refractivity contribution >= 4 is 17.9 Å². The molecule has 0 aliphatic heterocycles. The van der Waals surface area contributed by atoms with Crippen LogP contribution in [0.3, 0.4) is 0 Å². The van der Waals surface area contributed by atoms with E-state index in [0.29, 0.717) is 19.3 Å². The topological polar surface area (TPSA) is 78.9 Å². The normalized spacial score (nSPS) is 13.2. The van der Waals surface area contributed by atoms with E-state index in [4.69, 9.17) is 14.2 Å². The fourth-order valence-corrected chi connectivity index (χ4v) is 6.65. The smallest absolute Gasteiger partial charge is 0.306 e. The molecule has 6 heteroatoms. The predicted molar refractivity (Wildman–Crippen MR) is 288 cm³/mol. The molecule has 0 unspecified atom stereocenters. The molecule has 0 aliphatic rings. The largest absolute Gasteiger partial charge is 0.462 e. The summed E-state index contributed by atoms with van der Waals surface area (Å²) in [6.45, 7) is 6.29. The van der Waals surface area contributed by atoms with Crippen LogP contribution < -0.4 is 0 Å². The Morgan fingerprint density at radius 2 is 0.582 bits per heavy atom. The lowest BCUT2D eigenvalue weighted by Crippen LogP contribution is -2.30. The highest BCUT2D eigenvalue weighted by molar-refractivity contribution is 5.71. The number of hydrogen-bond acceptors (Lipinski definition) is 6. The molecule has 0 amide bonds.